The SMILES string of the molecule is C[C@@H]1CCCC[C@@]12NC(=O)N(CC(=O)Nc1ccc(Cl)cc1Cl)C2=O. The maximum atomic E-state index is 12.8. The van der Waals surface area contributed by atoms with E-state index in [1.807, 2.05) is 6.92 Å². The molecule has 1 spiro atoms. The summed E-state index contributed by atoms with van der Waals surface area (Å²) >= 11 is 11.8. The highest BCUT2D eigenvalue weighted by Crippen LogP contribution is 2.38. The zero-order chi connectivity index (χ0) is 18.2. The molecule has 0 unspecified atom stereocenters. The minimum absolute atomic E-state index is 0.0523. The molecule has 2 fully saturated rings. The quantitative estimate of drug-likeness (QED) is 0.784. The van der Waals surface area contributed by atoms with E-state index in [4.69, 9.17) is 23.2 Å². The number of hydrogen-bond acceptors (Lipinski definition) is 3. The highest BCUT2D eigenvalue weighted by Gasteiger charge is 2.55. The second kappa shape index (κ2) is 6.84. The minimum atomic E-state index is -0.868. The van der Waals surface area contributed by atoms with Crippen LogP contribution in [0.25, 0.3) is 0 Å². The highest BCUT2D eigenvalue weighted by molar-refractivity contribution is 6.36. The van der Waals surface area contributed by atoms with Crippen LogP contribution in [0, 0.1) is 5.92 Å². The van der Waals surface area contributed by atoms with E-state index in [2.05, 4.69) is 10.6 Å². The highest BCUT2D eigenvalue weighted by atomic mass is 35.5. The number of nitrogens with one attached hydrogen (secondary N) is 2. The van der Waals surface area contributed by atoms with Crippen molar-refractivity contribution in [1.82, 2.24) is 10.2 Å². The van der Waals surface area contributed by atoms with Gasteiger partial charge in [0.25, 0.3) is 5.91 Å². The molecule has 25 heavy (non-hydrogen) atoms. The Kier molecular flexibility index (Phi) is 4.93. The molecule has 134 valence electrons. The second-order valence-electron chi connectivity index (χ2n) is 6.61. The lowest BCUT2D eigenvalue weighted by Crippen LogP contribution is -2.54. The van der Waals surface area contributed by atoms with Crippen LogP contribution in [0.3, 0.4) is 0 Å². The summed E-state index contributed by atoms with van der Waals surface area (Å²) in [6, 6.07) is 4.15. The van der Waals surface area contributed by atoms with Crippen LogP contribution >= 0.6 is 23.2 Å². The van der Waals surface area contributed by atoms with Gasteiger partial charge in [0, 0.05) is 5.02 Å². The molecule has 0 aromatic heterocycles. The van der Waals surface area contributed by atoms with E-state index in [1.165, 1.54) is 6.07 Å². The molecular weight excluding hydrogens is 365 g/mol. The summed E-state index contributed by atoms with van der Waals surface area (Å²) in [4.78, 5) is 38.4. The zero-order valence-corrected chi connectivity index (χ0v) is 15.3. The number of rotatable bonds is 3. The molecule has 2 atom stereocenters. The summed E-state index contributed by atoms with van der Waals surface area (Å²) in [7, 11) is 0. The molecule has 1 aromatic rings. The lowest BCUT2D eigenvalue weighted by atomic mass is 9.73. The van der Waals surface area contributed by atoms with Crippen molar-refractivity contribution in [3.8, 4) is 0 Å². The fourth-order valence-electron chi connectivity index (χ4n) is 3.56. The summed E-state index contributed by atoms with van der Waals surface area (Å²) in [5, 5.41) is 6.16. The third-order valence-electron chi connectivity index (χ3n) is 5.01. The van der Waals surface area contributed by atoms with Gasteiger partial charge in [-0.05, 0) is 37.0 Å². The van der Waals surface area contributed by atoms with E-state index < -0.39 is 17.5 Å². The molecule has 1 aliphatic heterocycles. The Bertz CT molecular complexity index is 740. The van der Waals surface area contributed by atoms with Crippen molar-refractivity contribution < 1.29 is 14.4 Å². The van der Waals surface area contributed by atoms with Crippen LogP contribution in [0.5, 0.6) is 0 Å². The average Bonchev–Trinajstić information content (AvgIpc) is 2.78. The van der Waals surface area contributed by atoms with Gasteiger partial charge in [-0.15, -0.1) is 0 Å². The monoisotopic (exact) mass is 383 g/mol. The van der Waals surface area contributed by atoms with Crippen molar-refractivity contribution in [3.63, 3.8) is 0 Å². The Hall–Kier alpha value is -1.79. The number of carbonyl (C=O) groups excluding carboxylic acids is 3. The molecule has 1 aromatic carbocycles. The maximum Gasteiger partial charge on any atom is 0.325 e. The lowest BCUT2D eigenvalue weighted by Gasteiger charge is -2.36. The first-order chi connectivity index (χ1) is 11.8. The Morgan fingerprint density at radius 1 is 1.36 bits per heavy atom. The topological polar surface area (TPSA) is 78.5 Å². The smallest absolute Gasteiger partial charge is 0.323 e. The molecule has 2 N–H and O–H groups in total. The molecule has 0 bridgehead atoms. The van der Waals surface area contributed by atoms with Crippen molar-refractivity contribution in [2.75, 3.05) is 11.9 Å². The molecule has 4 amide bonds. The van der Waals surface area contributed by atoms with Gasteiger partial charge in [-0.1, -0.05) is 43.0 Å². The van der Waals surface area contributed by atoms with Gasteiger partial charge in [-0.2, -0.15) is 0 Å². The fourth-order valence-corrected chi connectivity index (χ4v) is 4.02. The molecule has 1 saturated heterocycles. The van der Waals surface area contributed by atoms with Gasteiger partial charge in [0.2, 0.25) is 5.91 Å². The van der Waals surface area contributed by atoms with Crippen molar-refractivity contribution in [1.29, 1.82) is 0 Å². The third-order valence-corrected chi connectivity index (χ3v) is 5.56. The van der Waals surface area contributed by atoms with Gasteiger partial charge in [0.1, 0.15) is 12.1 Å². The largest absolute Gasteiger partial charge is 0.325 e. The van der Waals surface area contributed by atoms with Crippen molar-refractivity contribution >= 4 is 46.7 Å². The second-order valence-corrected chi connectivity index (χ2v) is 7.46. The van der Waals surface area contributed by atoms with Crippen molar-refractivity contribution in [3.05, 3.63) is 28.2 Å². The normalized spacial score (nSPS) is 26.0. The standard InChI is InChI=1S/C17H19Cl2N3O3/c1-10-4-2-3-7-17(10)15(24)22(16(25)21-17)9-14(23)20-13-6-5-11(18)8-12(13)19/h5-6,8,10H,2-4,7,9H2,1H3,(H,20,23)(H,21,25)/t10-,17-/m1/s1. The number of hydrogen-bond donors (Lipinski definition) is 2. The number of halogens is 2. The first-order valence-electron chi connectivity index (χ1n) is 8.22. The number of urea groups is 1. The molecule has 3 rings (SSSR count). The summed E-state index contributed by atoms with van der Waals surface area (Å²) < 4.78 is 0. The van der Waals surface area contributed by atoms with Crippen LogP contribution in [0.2, 0.25) is 10.0 Å². The van der Waals surface area contributed by atoms with Crippen molar-refractivity contribution in [2.45, 2.75) is 38.1 Å². The van der Waals surface area contributed by atoms with Gasteiger partial charge in [0.05, 0.1) is 10.7 Å². The number of benzene rings is 1. The number of anilines is 1. The van der Waals surface area contributed by atoms with E-state index >= 15 is 0 Å². The van der Waals surface area contributed by atoms with Crippen LogP contribution in [0.1, 0.15) is 32.6 Å². The molecular formula is C17H19Cl2N3O3. The summed E-state index contributed by atoms with van der Waals surface area (Å²) in [6.07, 6.45) is 3.42. The van der Waals surface area contributed by atoms with Crippen LogP contribution < -0.4 is 10.6 Å². The van der Waals surface area contributed by atoms with Crippen LogP contribution in [0.15, 0.2) is 18.2 Å². The first-order valence-corrected chi connectivity index (χ1v) is 8.98. The van der Waals surface area contributed by atoms with Crippen LogP contribution in [0.4, 0.5) is 10.5 Å². The number of amides is 4. The van der Waals surface area contributed by atoms with Crippen LogP contribution in [-0.4, -0.2) is 34.8 Å². The van der Waals surface area contributed by atoms with Gasteiger partial charge >= 0.3 is 6.03 Å². The van der Waals surface area contributed by atoms with E-state index in [-0.39, 0.29) is 23.4 Å². The number of carbonyl (C=O) groups is 3. The van der Waals surface area contributed by atoms with Gasteiger partial charge in [-0.25, -0.2) is 4.79 Å². The Balaban J connectivity index is 1.71. The maximum absolute atomic E-state index is 12.8. The lowest BCUT2D eigenvalue weighted by molar-refractivity contribution is -0.136. The minimum Gasteiger partial charge on any atom is -0.323 e. The molecule has 6 nitrogen and oxygen atoms in total. The average molecular weight is 384 g/mol. The van der Waals surface area contributed by atoms with E-state index in [9.17, 15) is 14.4 Å². The first kappa shape index (κ1) is 18.0. The van der Waals surface area contributed by atoms with E-state index in [1.54, 1.807) is 12.1 Å². The van der Waals surface area contributed by atoms with Crippen molar-refractivity contribution in [2.24, 2.45) is 5.92 Å². The zero-order valence-electron chi connectivity index (χ0n) is 13.8. The van der Waals surface area contributed by atoms with Gasteiger partial charge in [-0.3, -0.25) is 14.5 Å². The number of imide groups is 1. The fraction of sp³-hybridized carbons (Fsp3) is 0.471. The molecule has 8 heteroatoms. The summed E-state index contributed by atoms with van der Waals surface area (Å²) in [5.74, 6) is -0.758. The predicted octanol–water partition coefficient (Wildman–Crippen LogP) is 3.43. The van der Waals surface area contributed by atoms with E-state index in [0.717, 1.165) is 24.2 Å². The predicted molar refractivity (Wildman–Crippen MR) is 95.7 cm³/mol. The van der Waals surface area contributed by atoms with Gasteiger partial charge in [0.15, 0.2) is 0 Å². The Morgan fingerprint density at radius 2 is 2.12 bits per heavy atom. The summed E-state index contributed by atoms with van der Waals surface area (Å²) in [5.41, 5.74) is -0.489. The van der Waals surface area contributed by atoms with Gasteiger partial charge < -0.3 is 10.6 Å². The Morgan fingerprint density at radius 3 is 2.80 bits per heavy atom. The molecule has 1 heterocycles. The number of nitrogens with zero attached hydrogens (tertiary/aromatic N) is 1. The molecule has 1 aliphatic carbocycles. The third kappa shape index (κ3) is 3.33. The van der Waals surface area contributed by atoms with E-state index in [0.29, 0.717) is 17.1 Å². The molecule has 1 saturated carbocycles. The summed E-state index contributed by atoms with van der Waals surface area (Å²) in [6.45, 7) is 1.62. The Labute approximate surface area is 155 Å². The molecule has 2 aliphatic rings. The molecule has 0 radical (unpaired) electrons. The van der Waals surface area contributed by atoms with Crippen LogP contribution in [-0.2, 0) is 9.59 Å².